The lowest BCUT2D eigenvalue weighted by Crippen LogP contribution is -2.60. The number of halogens is 1. The predicted molar refractivity (Wildman–Crippen MR) is 117 cm³/mol. The van der Waals surface area contributed by atoms with Gasteiger partial charge in [0.15, 0.2) is 0 Å². The molecule has 2 aliphatic heterocycles. The normalized spacial score (nSPS) is 25.7. The number of hydrogen-bond acceptors (Lipinski definition) is 9. The average molecular weight is 457 g/mol. The van der Waals surface area contributed by atoms with Gasteiger partial charge >= 0.3 is 5.97 Å². The van der Waals surface area contributed by atoms with Crippen LogP contribution in [0.4, 0.5) is 5.82 Å². The van der Waals surface area contributed by atoms with E-state index in [1.165, 1.54) is 7.11 Å². The van der Waals surface area contributed by atoms with Gasteiger partial charge in [0.05, 0.1) is 31.5 Å². The first kappa shape index (κ1) is 24.0. The van der Waals surface area contributed by atoms with Crippen LogP contribution in [0.3, 0.4) is 0 Å². The van der Waals surface area contributed by atoms with Crippen molar-refractivity contribution < 1.29 is 23.7 Å². The number of esters is 1. The van der Waals surface area contributed by atoms with Crippen LogP contribution < -0.4 is 15.8 Å². The first-order valence-electron chi connectivity index (χ1n) is 10.7. The molecule has 0 saturated carbocycles. The monoisotopic (exact) mass is 456 g/mol. The zero-order chi connectivity index (χ0) is 22.4. The number of ether oxygens (including phenoxy) is 4. The summed E-state index contributed by atoms with van der Waals surface area (Å²) in [6, 6.07) is 1.44. The lowest BCUT2D eigenvalue weighted by atomic mass is 9.95. The number of hydrogen-bond donors (Lipinski definition) is 2. The van der Waals surface area contributed by atoms with Crippen LogP contribution in [-0.4, -0.2) is 81.2 Å². The Hall–Kier alpha value is -1.65. The van der Waals surface area contributed by atoms with Gasteiger partial charge in [-0.3, -0.25) is 9.69 Å². The molecular weight excluding hydrogens is 424 g/mol. The maximum absolute atomic E-state index is 12.6. The van der Waals surface area contributed by atoms with E-state index in [1.54, 1.807) is 20.3 Å². The van der Waals surface area contributed by atoms with E-state index in [4.69, 9.17) is 36.3 Å². The van der Waals surface area contributed by atoms with Gasteiger partial charge in [0.2, 0.25) is 5.88 Å². The largest absolute Gasteiger partial charge is 0.481 e. The number of piperidine rings is 1. The molecule has 9 nitrogen and oxygen atoms in total. The summed E-state index contributed by atoms with van der Waals surface area (Å²) in [5.74, 6) is 0.436. The van der Waals surface area contributed by atoms with E-state index in [2.05, 4.69) is 15.2 Å². The summed E-state index contributed by atoms with van der Waals surface area (Å²) in [5, 5.41) is 3.92. The summed E-state index contributed by atoms with van der Waals surface area (Å²) in [5.41, 5.74) is 6.59. The predicted octanol–water partition coefficient (Wildman–Crippen LogP) is 1.62. The summed E-state index contributed by atoms with van der Waals surface area (Å²) in [7, 11) is 4.67. The maximum atomic E-state index is 12.6. The standard InChI is InChI=1S/C21H33ClN4O5/c1-28-17-12-26(18(21(27)30-3)16-6-4-5-9-31-16)8-7-15(17)24-11-13-10-14(22)19(23)25-20(13)29-2/h10,15-18,24H,4-9,11-12H2,1-3H3,(H2,23,25)/t15-,16?,17+,18?/m0/s1. The van der Waals surface area contributed by atoms with E-state index in [-0.39, 0.29) is 30.0 Å². The van der Waals surface area contributed by atoms with Crippen molar-refractivity contribution in [3.05, 3.63) is 16.7 Å². The number of methoxy groups -OCH3 is 3. The Morgan fingerprint density at radius 2 is 2.19 bits per heavy atom. The first-order valence-corrected chi connectivity index (χ1v) is 11.0. The highest BCUT2D eigenvalue weighted by Crippen LogP contribution is 2.27. The number of carbonyl (C=O) groups excluding carboxylic acids is 1. The molecule has 10 heteroatoms. The third kappa shape index (κ3) is 5.78. The lowest BCUT2D eigenvalue weighted by Gasteiger charge is -2.43. The molecule has 2 fully saturated rings. The molecule has 1 aromatic rings. The molecule has 3 N–H and O–H groups in total. The average Bonchev–Trinajstić information content (AvgIpc) is 2.80. The molecule has 0 aromatic carbocycles. The first-order chi connectivity index (χ1) is 15.0. The molecule has 2 unspecified atom stereocenters. The van der Waals surface area contributed by atoms with E-state index in [0.29, 0.717) is 30.6 Å². The van der Waals surface area contributed by atoms with Crippen LogP contribution in [0, 0.1) is 0 Å². The third-order valence-corrected chi connectivity index (χ3v) is 6.39. The highest BCUT2D eigenvalue weighted by Gasteiger charge is 2.41. The number of carbonyl (C=O) groups is 1. The topological polar surface area (TPSA) is 108 Å². The summed E-state index contributed by atoms with van der Waals surface area (Å²) < 4.78 is 22.1. The minimum Gasteiger partial charge on any atom is -0.481 e. The molecule has 0 amide bonds. The van der Waals surface area contributed by atoms with Crippen molar-refractivity contribution in [2.24, 2.45) is 0 Å². The van der Waals surface area contributed by atoms with Gasteiger partial charge in [-0.2, -0.15) is 4.98 Å². The highest BCUT2D eigenvalue weighted by atomic mass is 35.5. The number of pyridine rings is 1. The molecule has 4 atom stereocenters. The van der Waals surface area contributed by atoms with Crippen LogP contribution in [-0.2, 0) is 25.5 Å². The second-order valence-electron chi connectivity index (χ2n) is 7.94. The highest BCUT2D eigenvalue weighted by molar-refractivity contribution is 6.32. The van der Waals surface area contributed by atoms with Gasteiger partial charge < -0.3 is 30.0 Å². The summed E-state index contributed by atoms with van der Waals surface area (Å²) in [4.78, 5) is 18.9. The van der Waals surface area contributed by atoms with Crippen LogP contribution in [0.15, 0.2) is 6.07 Å². The van der Waals surface area contributed by atoms with E-state index < -0.39 is 6.04 Å². The Kier molecular flexibility index (Phi) is 8.74. The number of aromatic nitrogens is 1. The smallest absolute Gasteiger partial charge is 0.325 e. The molecule has 31 heavy (non-hydrogen) atoms. The molecule has 3 heterocycles. The van der Waals surface area contributed by atoms with Gasteiger partial charge in [-0.1, -0.05) is 11.6 Å². The molecule has 0 bridgehead atoms. The molecule has 0 radical (unpaired) electrons. The van der Waals surface area contributed by atoms with Crippen LogP contribution in [0.1, 0.15) is 31.2 Å². The number of rotatable bonds is 8. The Labute approximate surface area is 188 Å². The Morgan fingerprint density at radius 1 is 1.39 bits per heavy atom. The fourth-order valence-corrected chi connectivity index (χ4v) is 4.58. The molecule has 2 saturated heterocycles. The van der Waals surface area contributed by atoms with Crippen molar-refractivity contribution in [1.29, 1.82) is 0 Å². The second-order valence-corrected chi connectivity index (χ2v) is 8.35. The van der Waals surface area contributed by atoms with E-state index in [0.717, 1.165) is 37.8 Å². The number of nitrogens with two attached hydrogens (primary N) is 1. The second kappa shape index (κ2) is 11.3. The van der Waals surface area contributed by atoms with Crippen LogP contribution in [0.5, 0.6) is 5.88 Å². The van der Waals surface area contributed by atoms with Gasteiger partial charge in [0.25, 0.3) is 0 Å². The molecule has 0 aliphatic carbocycles. The Morgan fingerprint density at radius 3 is 2.84 bits per heavy atom. The molecule has 174 valence electrons. The zero-order valence-electron chi connectivity index (χ0n) is 18.4. The SMILES string of the molecule is COC(=O)C(C1CCCCO1)N1CC[C@H](NCc2cc(Cl)c(N)nc2OC)[C@H](OC)C1. The quantitative estimate of drug-likeness (QED) is 0.564. The molecular formula is C21H33ClN4O5. The minimum atomic E-state index is -0.413. The molecule has 0 spiro atoms. The van der Waals surface area contributed by atoms with Crippen molar-refractivity contribution in [1.82, 2.24) is 15.2 Å². The summed E-state index contributed by atoms with van der Waals surface area (Å²) in [6.07, 6.45) is 3.51. The van der Waals surface area contributed by atoms with Crippen LogP contribution in [0.25, 0.3) is 0 Å². The van der Waals surface area contributed by atoms with E-state index >= 15 is 0 Å². The van der Waals surface area contributed by atoms with Gasteiger partial charge in [0.1, 0.15) is 11.9 Å². The fourth-order valence-electron chi connectivity index (χ4n) is 4.40. The number of anilines is 1. The van der Waals surface area contributed by atoms with Crippen molar-refractivity contribution >= 4 is 23.4 Å². The van der Waals surface area contributed by atoms with Gasteiger partial charge in [0, 0.05) is 45.0 Å². The number of nitrogen functional groups attached to an aromatic ring is 1. The number of likely N-dealkylation sites (tertiary alicyclic amines) is 1. The van der Waals surface area contributed by atoms with Crippen molar-refractivity contribution in [2.45, 2.75) is 56.5 Å². The van der Waals surface area contributed by atoms with Crippen molar-refractivity contribution in [3.8, 4) is 5.88 Å². The summed E-state index contributed by atoms with van der Waals surface area (Å²) >= 11 is 6.13. The Bertz CT molecular complexity index is 747. The maximum Gasteiger partial charge on any atom is 0.325 e. The number of nitrogens with zero attached hydrogens (tertiary/aromatic N) is 2. The van der Waals surface area contributed by atoms with Crippen LogP contribution in [0.2, 0.25) is 5.02 Å². The van der Waals surface area contributed by atoms with Crippen molar-refractivity contribution in [2.75, 3.05) is 46.8 Å². The van der Waals surface area contributed by atoms with Crippen LogP contribution >= 0.6 is 11.6 Å². The van der Waals surface area contributed by atoms with E-state index in [1.807, 2.05) is 0 Å². The third-order valence-electron chi connectivity index (χ3n) is 6.09. The fraction of sp³-hybridized carbons (Fsp3) is 0.714. The molecule has 1 aromatic heterocycles. The summed E-state index contributed by atoms with van der Waals surface area (Å²) in [6.45, 7) is 2.53. The van der Waals surface area contributed by atoms with Crippen molar-refractivity contribution in [3.63, 3.8) is 0 Å². The lowest BCUT2D eigenvalue weighted by molar-refractivity contribution is -0.158. The zero-order valence-corrected chi connectivity index (χ0v) is 19.2. The molecule has 3 rings (SSSR count). The van der Waals surface area contributed by atoms with Gasteiger partial charge in [-0.15, -0.1) is 0 Å². The van der Waals surface area contributed by atoms with Gasteiger partial charge in [-0.25, -0.2) is 0 Å². The Balaban J connectivity index is 1.66. The van der Waals surface area contributed by atoms with E-state index in [9.17, 15) is 4.79 Å². The molecule has 2 aliphatic rings. The number of nitrogens with one attached hydrogen (secondary N) is 1. The van der Waals surface area contributed by atoms with Gasteiger partial charge in [-0.05, 0) is 31.7 Å². The minimum absolute atomic E-state index is 0.0906.